The molecule has 1 aromatic carbocycles. The van der Waals surface area contributed by atoms with Crippen molar-refractivity contribution in [2.75, 3.05) is 5.32 Å². The van der Waals surface area contributed by atoms with Crippen LogP contribution >= 0.6 is 11.3 Å². The molecule has 1 aliphatic rings. The lowest BCUT2D eigenvalue weighted by Crippen LogP contribution is -2.31. The maximum Gasteiger partial charge on any atom is 0.325 e. The number of imide groups is 1. The Labute approximate surface area is 177 Å². The summed E-state index contributed by atoms with van der Waals surface area (Å²) in [6.45, 7) is 0.212. The summed E-state index contributed by atoms with van der Waals surface area (Å²) in [5.41, 5.74) is 2.28. The Bertz CT molecular complexity index is 1050. The van der Waals surface area contributed by atoms with Gasteiger partial charge in [-0.3, -0.25) is 19.5 Å². The summed E-state index contributed by atoms with van der Waals surface area (Å²) in [5.74, 6) is -0.580. The first-order valence-electron chi connectivity index (χ1n) is 9.43. The standard InChI is InChI=1S/C21H19N5O3S/c27-18(25-20-23-17(13-30-20)15-8-4-5-11-22-15)10-9-16-19(28)26(21(29)24-16)12-14-6-2-1-3-7-14/h1-8,11,13,16H,9-10,12H2,(H,24,29)(H,23,25,27)/t16-/m1/s1. The molecule has 2 aromatic heterocycles. The molecule has 2 N–H and O–H groups in total. The van der Waals surface area contributed by atoms with Gasteiger partial charge >= 0.3 is 6.03 Å². The first-order valence-corrected chi connectivity index (χ1v) is 10.3. The highest BCUT2D eigenvalue weighted by Crippen LogP contribution is 2.23. The molecule has 0 saturated carbocycles. The second kappa shape index (κ2) is 8.83. The van der Waals surface area contributed by atoms with Crippen molar-refractivity contribution in [3.8, 4) is 11.4 Å². The number of amides is 4. The third kappa shape index (κ3) is 4.52. The molecule has 4 amide bonds. The van der Waals surface area contributed by atoms with Crippen LogP contribution in [0.2, 0.25) is 0 Å². The molecule has 1 atom stereocenters. The molecule has 9 heteroatoms. The fourth-order valence-electron chi connectivity index (χ4n) is 3.11. The lowest BCUT2D eigenvalue weighted by Gasteiger charge is -2.13. The number of carbonyl (C=O) groups excluding carboxylic acids is 3. The first-order chi connectivity index (χ1) is 14.6. The number of carbonyl (C=O) groups is 3. The van der Waals surface area contributed by atoms with E-state index in [9.17, 15) is 14.4 Å². The van der Waals surface area contributed by atoms with Gasteiger partial charge in [0.2, 0.25) is 5.91 Å². The van der Waals surface area contributed by atoms with Gasteiger partial charge in [0.25, 0.3) is 5.91 Å². The molecular formula is C21H19N5O3S. The van der Waals surface area contributed by atoms with Crippen LogP contribution < -0.4 is 10.6 Å². The van der Waals surface area contributed by atoms with E-state index in [4.69, 9.17) is 0 Å². The predicted octanol–water partition coefficient (Wildman–Crippen LogP) is 3.04. The quantitative estimate of drug-likeness (QED) is 0.571. The van der Waals surface area contributed by atoms with Crippen LogP contribution in [0, 0.1) is 0 Å². The average molecular weight is 421 g/mol. The van der Waals surface area contributed by atoms with Gasteiger partial charge in [-0.1, -0.05) is 36.4 Å². The summed E-state index contributed by atoms with van der Waals surface area (Å²) < 4.78 is 0. The monoisotopic (exact) mass is 421 g/mol. The van der Waals surface area contributed by atoms with Crippen LogP contribution in [0.5, 0.6) is 0 Å². The zero-order valence-electron chi connectivity index (χ0n) is 15.9. The number of thiazole rings is 1. The van der Waals surface area contributed by atoms with Crippen LogP contribution in [0.4, 0.5) is 9.93 Å². The number of pyridine rings is 1. The van der Waals surface area contributed by atoms with E-state index < -0.39 is 12.1 Å². The van der Waals surface area contributed by atoms with Gasteiger partial charge in [-0.05, 0) is 24.1 Å². The molecule has 8 nitrogen and oxygen atoms in total. The minimum Gasteiger partial charge on any atom is -0.326 e. The number of hydrogen-bond acceptors (Lipinski definition) is 6. The second-order valence-electron chi connectivity index (χ2n) is 6.75. The summed E-state index contributed by atoms with van der Waals surface area (Å²) in [5, 5.41) is 7.68. The number of nitrogens with zero attached hydrogens (tertiary/aromatic N) is 3. The summed E-state index contributed by atoms with van der Waals surface area (Å²) in [7, 11) is 0. The lowest BCUT2D eigenvalue weighted by atomic mass is 10.1. The van der Waals surface area contributed by atoms with Crippen molar-refractivity contribution in [3.05, 3.63) is 65.7 Å². The summed E-state index contributed by atoms with van der Waals surface area (Å²) in [4.78, 5) is 46.8. The van der Waals surface area contributed by atoms with E-state index in [2.05, 4.69) is 20.6 Å². The van der Waals surface area contributed by atoms with E-state index in [1.165, 1.54) is 16.2 Å². The zero-order valence-corrected chi connectivity index (χ0v) is 16.8. The predicted molar refractivity (Wildman–Crippen MR) is 113 cm³/mol. The highest BCUT2D eigenvalue weighted by Gasteiger charge is 2.37. The number of urea groups is 1. The van der Waals surface area contributed by atoms with Gasteiger partial charge in [0, 0.05) is 18.0 Å². The molecule has 0 radical (unpaired) electrons. The van der Waals surface area contributed by atoms with Crippen LogP contribution in [-0.4, -0.2) is 38.8 Å². The molecule has 152 valence electrons. The number of anilines is 1. The van der Waals surface area contributed by atoms with Crippen LogP contribution in [-0.2, 0) is 16.1 Å². The molecule has 0 unspecified atom stereocenters. The van der Waals surface area contributed by atoms with E-state index in [0.29, 0.717) is 10.8 Å². The van der Waals surface area contributed by atoms with Gasteiger partial charge in [-0.25, -0.2) is 9.78 Å². The van der Waals surface area contributed by atoms with Crippen molar-refractivity contribution in [2.24, 2.45) is 0 Å². The molecule has 0 spiro atoms. The van der Waals surface area contributed by atoms with Crippen molar-refractivity contribution in [2.45, 2.75) is 25.4 Å². The molecule has 3 aromatic rings. The maximum absolute atomic E-state index is 12.5. The van der Waals surface area contributed by atoms with Crippen molar-refractivity contribution in [1.82, 2.24) is 20.2 Å². The molecule has 1 aliphatic heterocycles. The molecule has 0 bridgehead atoms. The summed E-state index contributed by atoms with van der Waals surface area (Å²) >= 11 is 1.31. The number of aromatic nitrogens is 2. The van der Waals surface area contributed by atoms with Crippen LogP contribution in [0.3, 0.4) is 0 Å². The number of benzene rings is 1. The van der Waals surface area contributed by atoms with Crippen molar-refractivity contribution in [1.29, 1.82) is 0 Å². The van der Waals surface area contributed by atoms with Crippen LogP contribution in [0.25, 0.3) is 11.4 Å². The Hall–Kier alpha value is -3.59. The fourth-order valence-corrected chi connectivity index (χ4v) is 3.83. The third-order valence-electron chi connectivity index (χ3n) is 4.63. The van der Waals surface area contributed by atoms with E-state index in [0.717, 1.165) is 11.3 Å². The fraction of sp³-hybridized carbons (Fsp3) is 0.190. The van der Waals surface area contributed by atoms with Crippen molar-refractivity contribution >= 4 is 34.3 Å². The number of hydrogen-bond donors (Lipinski definition) is 2. The third-order valence-corrected chi connectivity index (χ3v) is 5.39. The van der Waals surface area contributed by atoms with Gasteiger partial charge in [0.05, 0.1) is 12.2 Å². The number of nitrogens with one attached hydrogen (secondary N) is 2. The normalized spacial score (nSPS) is 15.9. The Balaban J connectivity index is 1.29. The highest BCUT2D eigenvalue weighted by molar-refractivity contribution is 7.14. The molecule has 1 saturated heterocycles. The number of rotatable bonds is 7. The molecule has 4 rings (SSSR count). The lowest BCUT2D eigenvalue weighted by molar-refractivity contribution is -0.128. The second-order valence-corrected chi connectivity index (χ2v) is 7.61. The van der Waals surface area contributed by atoms with E-state index in [1.807, 2.05) is 53.9 Å². The SMILES string of the molecule is O=C(CC[C@H]1NC(=O)N(Cc2ccccc2)C1=O)Nc1nc(-c2ccccn2)cs1. The molecule has 0 aliphatic carbocycles. The topological polar surface area (TPSA) is 104 Å². The Morgan fingerprint density at radius 3 is 2.67 bits per heavy atom. The maximum atomic E-state index is 12.5. The van der Waals surface area contributed by atoms with Crippen molar-refractivity contribution in [3.63, 3.8) is 0 Å². The summed E-state index contributed by atoms with van der Waals surface area (Å²) in [6, 6.07) is 13.7. The van der Waals surface area contributed by atoms with Crippen LogP contribution in [0.15, 0.2) is 60.1 Å². The van der Waals surface area contributed by atoms with Gasteiger partial charge < -0.3 is 10.6 Å². The first kappa shape index (κ1) is 19.7. The molecule has 1 fully saturated rings. The molecule has 3 heterocycles. The van der Waals surface area contributed by atoms with Crippen molar-refractivity contribution < 1.29 is 14.4 Å². The van der Waals surface area contributed by atoms with E-state index >= 15 is 0 Å². The van der Waals surface area contributed by atoms with Gasteiger partial charge in [0.1, 0.15) is 11.7 Å². The zero-order chi connectivity index (χ0) is 20.9. The Morgan fingerprint density at radius 1 is 1.10 bits per heavy atom. The Kier molecular flexibility index (Phi) is 5.80. The van der Waals surface area contributed by atoms with E-state index in [1.54, 1.807) is 6.20 Å². The Morgan fingerprint density at radius 2 is 1.90 bits per heavy atom. The minimum absolute atomic E-state index is 0.0916. The van der Waals surface area contributed by atoms with E-state index in [-0.39, 0.29) is 31.2 Å². The van der Waals surface area contributed by atoms with Crippen LogP contribution in [0.1, 0.15) is 18.4 Å². The molecule has 30 heavy (non-hydrogen) atoms. The highest BCUT2D eigenvalue weighted by atomic mass is 32.1. The van der Waals surface area contributed by atoms with Gasteiger partial charge in [0.15, 0.2) is 5.13 Å². The average Bonchev–Trinajstić information content (AvgIpc) is 3.33. The van der Waals surface area contributed by atoms with Gasteiger partial charge in [-0.2, -0.15) is 0 Å². The van der Waals surface area contributed by atoms with Gasteiger partial charge in [-0.15, -0.1) is 11.3 Å². The smallest absolute Gasteiger partial charge is 0.325 e. The largest absolute Gasteiger partial charge is 0.326 e. The molecular weight excluding hydrogens is 402 g/mol. The summed E-state index contributed by atoms with van der Waals surface area (Å²) in [6.07, 6.45) is 2.00. The minimum atomic E-state index is -0.702.